The van der Waals surface area contributed by atoms with Gasteiger partial charge in [-0.3, -0.25) is 4.79 Å². The van der Waals surface area contributed by atoms with E-state index in [1.165, 1.54) is 12.3 Å². The second kappa shape index (κ2) is 3.95. The number of rotatable bonds is 0. The first-order valence-electron chi connectivity index (χ1n) is 6.83. The van der Waals surface area contributed by atoms with Crippen molar-refractivity contribution in [3.8, 4) is 0 Å². The SMILES string of the molecule is C=C1C(=O)O[C@@H]2[C@H]1CC[C@H](C)[C@]1(O)C=COC(=O)[C@@]21C. The summed E-state index contributed by atoms with van der Waals surface area (Å²) in [6, 6.07) is 0. The molecule has 1 N–H and O–H groups in total. The van der Waals surface area contributed by atoms with Gasteiger partial charge in [-0.25, -0.2) is 4.79 Å². The predicted octanol–water partition coefficient (Wildman–Crippen LogP) is 1.32. The van der Waals surface area contributed by atoms with Crippen LogP contribution in [0.4, 0.5) is 0 Å². The number of aliphatic hydroxyl groups is 1. The molecule has 1 aliphatic carbocycles. The van der Waals surface area contributed by atoms with Gasteiger partial charge in [-0.15, -0.1) is 0 Å². The van der Waals surface area contributed by atoms with Crippen molar-refractivity contribution in [2.24, 2.45) is 17.3 Å². The molecule has 5 nitrogen and oxygen atoms in total. The number of esters is 2. The van der Waals surface area contributed by atoms with E-state index in [1.807, 2.05) is 6.92 Å². The Morgan fingerprint density at radius 3 is 2.80 bits per heavy atom. The number of cyclic esters (lactones) is 1. The zero-order valence-corrected chi connectivity index (χ0v) is 11.6. The first-order valence-corrected chi connectivity index (χ1v) is 6.83. The molecule has 2 fully saturated rings. The maximum atomic E-state index is 12.4. The van der Waals surface area contributed by atoms with E-state index >= 15 is 0 Å². The highest BCUT2D eigenvalue weighted by Gasteiger charge is 2.67. The maximum Gasteiger partial charge on any atom is 0.334 e. The number of carbonyl (C=O) groups excluding carboxylic acids is 2. The zero-order chi connectivity index (χ0) is 14.7. The van der Waals surface area contributed by atoms with Crippen molar-refractivity contribution in [1.29, 1.82) is 0 Å². The topological polar surface area (TPSA) is 72.8 Å². The molecule has 20 heavy (non-hydrogen) atoms. The molecule has 1 saturated heterocycles. The molecule has 0 unspecified atom stereocenters. The van der Waals surface area contributed by atoms with Crippen LogP contribution in [0.3, 0.4) is 0 Å². The van der Waals surface area contributed by atoms with Crippen LogP contribution in [0.15, 0.2) is 24.5 Å². The van der Waals surface area contributed by atoms with Crippen molar-refractivity contribution in [1.82, 2.24) is 0 Å². The molecule has 0 amide bonds. The molecule has 0 aromatic rings. The van der Waals surface area contributed by atoms with Crippen LogP contribution in [-0.4, -0.2) is 28.8 Å². The number of hydrogen-bond donors (Lipinski definition) is 1. The van der Waals surface area contributed by atoms with E-state index in [4.69, 9.17) is 9.47 Å². The minimum absolute atomic E-state index is 0.145. The molecule has 5 heteroatoms. The standard InChI is InChI=1S/C15H18O5/c1-8-4-5-10-9(2)12(16)20-11(10)14(3)13(17)19-7-6-15(8,14)18/h6-8,10-11,18H,2,4-5H2,1,3H3/t8-,10-,11+,14+,15+/m0/s1. The van der Waals surface area contributed by atoms with Gasteiger partial charge >= 0.3 is 11.9 Å². The van der Waals surface area contributed by atoms with Crippen LogP contribution in [0.2, 0.25) is 0 Å². The van der Waals surface area contributed by atoms with Gasteiger partial charge < -0.3 is 14.6 Å². The van der Waals surface area contributed by atoms with Gasteiger partial charge in [0, 0.05) is 11.5 Å². The fourth-order valence-electron chi connectivity index (χ4n) is 3.78. The lowest BCUT2D eigenvalue weighted by Crippen LogP contribution is -2.61. The third-order valence-electron chi connectivity index (χ3n) is 5.29. The Balaban J connectivity index is 2.18. The van der Waals surface area contributed by atoms with Crippen molar-refractivity contribution in [3.63, 3.8) is 0 Å². The Kier molecular flexibility index (Phi) is 2.64. The normalized spacial score (nSPS) is 47.1. The Labute approximate surface area is 117 Å². The summed E-state index contributed by atoms with van der Waals surface area (Å²) in [5.41, 5.74) is -2.31. The number of fused-ring (bicyclic) bond motifs is 3. The largest absolute Gasteiger partial charge is 0.457 e. The molecule has 3 rings (SSSR count). The van der Waals surface area contributed by atoms with Gasteiger partial charge in [0.25, 0.3) is 0 Å². The van der Waals surface area contributed by atoms with Gasteiger partial charge in [-0.1, -0.05) is 13.5 Å². The Morgan fingerprint density at radius 1 is 1.40 bits per heavy atom. The second-order valence-corrected chi connectivity index (χ2v) is 6.17. The van der Waals surface area contributed by atoms with Crippen LogP contribution in [0.1, 0.15) is 26.7 Å². The van der Waals surface area contributed by atoms with E-state index < -0.39 is 29.1 Å². The number of ether oxygens (including phenoxy) is 2. The summed E-state index contributed by atoms with van der Waals surface area (Å²) in [7, 11) is 0. The summed E-state index contributed by atoms with van der Waals surface area (Å²) in [6.07, 6.45) is 3.36. The van der Waals surface area contributed by atoms with Gasteiger partial charge in [0.05, 0.1) is 6.26 Å². The third kappa shape index (κ3) is 1.36. The van der Waals surface area contributed by atoms with Crippen molar-refractivity contribution >= 4 is 11.9 Å². The molecule has 5 atom stereocenters. The van der Waals surface area contributed by atoms with E-state index in [9.17, 15) is 14.7 Å². The highest BCUT2D eigenvalue weighted by molar-refractivity contribution is 5.92. The Morgan fingerprint density at radius 2 is 2.10 bits per heavy atom. The molecule has 2 aliphatic heterocycles. The lowest BCUT2D eigenvalue weighted by Gasteiger charge is -2.47. The van der Waals surface area contributed by atoms with Gasteiger partial charge in [-0.05, 0) is 31.8 Å². The minimum atomic E-state index is -1.38. The van der Waals surface area contributed by atoms with E-state index in [1.54, 1.807) is 6.92 Å². The number of hydrogen-bond acceptors (Lipinski definition) is 5. The third-order valence-corrected chi connectivity index (χ3v) is 5.29. The van der Waals surface area contributed by atoms with Crippen molar-refractivity contribution in [3.05, 3.63) is 24.5 Å². The average molecular weight is 278 g/mol. The summed E-state index contributed by atoms with van der Waals surface area (Å²) >= 11 is 0. The van der Waals surface area contributed by atoms with Crippen LogP contribution >= 0.6 is 0 Å². The van der Waals surface area contributed by atoms with E-state index in [0.717, 1.165) is 0 Å². The minimum Gasteiger partial charge on any atom is -0.457 e. The van der Waals surface area contributed by atoms with E-state index in [2.05, 4.69) is 6.58 Å². The number of carbonyl (C=O) groups is 2. The quantitative estimate of drug-likeness (QED) is 0.534. The molecule has 0 radical (unpaired) electrons. The van der Waals surface area contributed by atoms with Crippen LogP contribution in [0.25, 0.3) is 0 Å². The molecule has 108 valence electrons. The second-order valence-electron chi connectivity index (χ2n) is 6.17. The van der Waals surface area contributed by atoms with E-state index in [0.29, 0.717) is 18.4 Å². The Bertz CT molecular complexity index is 536. The fraction of sp³-hybridized carbons (Fsp3) is 0.600. The van der Waals surface area contributed by atoms with Crippen molar-refractivity contribution < 1.29 is 24.2 Å². The summed E-state index contributed by atoms with van der Waals surface area (Å²) in [5.74, 6) is -1.44. The van der Waals surface area contributed by atoms with Gasteiger partial charge in [0.2, 0.25) is 0 Å². The summed E-state index contributed by atoms with van der Waals surface area (Å²) in [5, 5.41) is 11.1. The average Bonchev–Trinajstić information content (AvgIpc) is 2.65. The monoisotopic (exact) mass is 278 g/mol. The molecule has 3 aliphatic rings. The maximum absolute atomic E-state index is 12.4. The molecule has 1 saturated carbocycles. The smallest absolute Gasteiger partial charge is 0.334 e. The first-order chi connectivity index (χ1) is 9.32. The zero-order valence-electron chi connectivity index (χ0n) is 11.6. The lowest BCUT2D eigenvalue weighted by atomic mass is 9.63. The van der Waals surface area contributed by atoms with Gasteiger partial charge in [-0.2, -0.15) is 0 Å². The summed E-state index contributed by atoms with van der Waals surface area (Å²) in [4.78, 5) is 24.1. The van der Waals surface area contributed by atoms with Crippen LogP contribution in [-0.2, 0) is 19.1 Å². The van der Waals surface area contributed by atoms with Gasteiger partial charge in [0.1, 0.15) is 17.1 Å². The predicted molar refractivity (Wildman–Crippen MR) is 69.2 cm³/mol. The van der Waals surface area contributed by atoms with Crippen molar-refractivity contribution in [2.75, 3.05) is 0 Å². The summed E-state index contributed by atoms with van der Waals surface area (Å²) in [6.45, 7) is 7.29. The molecule has 0 aromatic heterocycles. The fourth-order valence-corrected chi connectivity index (χ4v) is 3.78. The van der Waals surface area contributed by atoms with Crippen LogP contribution in [0, 0.1) is 17.3 Å². The van der Waals surface area contributed by atoms with Gasteiger partial charge in [0.15, 0.2) is 0 Å². The van der Waals surface area contributed by atoms with E-state index in [-0.39, 0.29) is 11.8 Å². The van der Waals surface area contributed by atoms with Crippen molar-refractivity contribution in [2.45, 2.75) is 38.4 Å². The van der Waals surface area contributed by atoms with Crippen LogP contribution < -0.4 is 0 Å². The lowest BCUT2D eigenvalue weighted by molar-refractivity contribution is -0.193. The molecule has 0 bridgehead atoms. The first kappa shape index (κ1) is 13.4. The molecule has 2 heterocycles. The highest BCUT2D eigenvalue weighted by atomic mass is 16.6. The summed E-state index contributed by atoms with van der Waals surface area (Å²) < 4.78 is 10.4. The molecular formula is C15H18O5. The highest BCUT2D eigenvalue weighted by Crippen LogP contribution is 2.55. The Hall–Kier alpha value is -1.62. The molecular weight excluding hydrogens is 260 g/mol. The van der Waals surface area contributed by atoms with Crippen LogP contribution in [0.5, 0.6) is 0 Å². The molecule has 0 spiro atoms. The molecule has 0 aromatic carbocycles.